The van der Waals surface area contributed by atoms with Crippen molar-refractivity contribution in [2.45, 2.75) is 75.5 Å². The molecule has 0 saturated heterocycles. The van der Waals surface area contributed by atoms with E-state index in [0.717, 1.165) is 12.8 Å². The minimum absolute atomic E-state index is 0.158. The summed E-state index contributed by atoms with van der Waals surface area (Å²) in [5.41, 5.74) is 0. The van der Waals surface area contributed by atoms with Crippen LogP contribution < -0.4 is 10.6 Å². The quantitative estimate of drug-likeness (QED) is 0.838. The van der Waals surface area contributed by atoms with Crippen molar-refractivity contribution in [3.8, 4) is 0 Å². The number of hydrogen-bond acceptors (Lipinski definition) is 3. The van der Waals surface area contributed by atoms with Gasteiger partial charge in [-0.2, -0.15) is 0 Å². The second-order valence-electron chi connectivity index (χ2n) is 5.93. The van der Waals surface area contributed by atoms with Crippen molar-refractivity contribution >= 4 is 23.7 Å². The Balaban J connectivity index is 1.59. The molecule has 0 spiro atoms. The van der Waals surface area contributed by atoms with Crippen LogP contribution in [-0.2, 0) is 4.79 Å². The maximum absolute atomic E-state index is 11.7. The third kappa shape index (κ3) is 5.73. The van der Waals surface area contributed by atoms with E-state index >= 15 is 0 Å². The molecular weight excluding hydrogens is 272 g/mol. The second kappa shape index (κ2) is 8.55. The zero-order valence-corrected chi connectivity index (χ0v) is 13.0. The van der Waals surface area contributed by atoms with Crippen molar-refractivity contribution in [3.05, 3.63) is 0 Å². The normalized spacial score (nSPS) is 21.4. The molecule has 0 aromatic carbocycles. The largest absolute Gasteiger partial charge is 0.335 e. The van der Waals surface area contributed by atoms with E-state index in [1.54, 1.807) is 11.8 Å². The number of amides is 3. The smallest absolute Gasteiger partial charge is 0.321 e. The molecule has 2 N–H and O–H groups in total. The minimum Gasteiger partial charge on any atom is -0.335 e. The molecular formula is C15H26N2O2S. The Morgan fingerprint density at radius 3 is 2.15 bits per heavy atom. The van der Waals surface area contributed by atoms with E-state index in [9.17, 15) is 9.59 Å². The SMILES string of the molecule is O=C(CSC1CCCCC1)NC(=O)NC1CCCCC1. The molecule has 0 heterocycles. The molecule has 0 aliphatic heterocycles. The van der Waals surface area contributed by atoms with Crippen LogP contribution in [0.4, 0.5) is 4.79 Å². The average molecular weight is 298 g/mol. The number of carbonyl (C=O) groups excluding carboxylic acids is 2. The zero-order chi connectivity index (χ0) is 14.2. The van der Waals surface area contributed by atoms with Crippen molar-refractivity contribution in [2.24, 2.45) is 0 Å². The van der Waals surface area contributed by atoms with Gasteiger partial charge >= 0.3 is 6.03 Å². The van der Waals surface area contributed by atoms with Crippen LogP contribution in [0.25, 0.3) is 0 Å². The summed E-state index contributed by atoms with van der Waals surface area (Å²) < 4.78 is 0. The lowest BCUT2D eigenvalue weighted by Crippen LogP contribution is -2.45. The van der Waals surface area contributed by atoms with Crippen LogP contribution in [-0.4, -0.2) is 29.0 Å². The highest BCUT2D eigenvalue weighted by molar-refractivity contribution is 8.00. The molecule has 0 aromatic heterocycles. The van der Waals surface area contributed by atoms with Gasteiger partial charge in [-0.1, -0.05) is 38.5 Å². The lowest BCUT2D eigenvalue weighted by molar-refractivity contribution is -0.117. The van der Waals surface area contributed by atoms with E-state index in [4.69, 9.17) is 0 Å². The second-order valence-corrected chi connectivity index (χ2v) is 7.22. The predicted octanol–water partition coefficient (Wildman–Crippen LogP) is 3.21. The molecule has 2 rings (SSSR count). The Labute approximate surface area is 125 Å². The minimum atomic E-state index is -0.314. The Hall–Kier alpha value is -0.710. The molecule has 5 heteroatoms. The first-order chi connectivity index (χ1) is 9.74. The Kier molecular flexibility index (Phi) is 6.70. The van der Waals surface area contributed by atoms with E-state index in [0.29, 0.717) is 11.0 Å². The molecule has 2 saturated carbocycles. The molecule has 0 unspecified atom stereocenters. The summed E-state index contributed by atoms with van der Waals surface area (Å²) in [7, 11) is 0. The van der Waals surface area contributed by atoms with E-state index in [1.165, 1.54) is 51.4 Å². The molecule has 0 bridgehead atoms. The standard InChI is InChI=1S/C15H26N2O2S/c18-14(11-20-13-9-5-2-6-10-13)17-15(19)16-12-7-3-1-4-8-12/h12-13H,1-11H2,(H2,16,17,18,19). The van der Waals surface area contributed by atoms with Gasteiger partial charge in [0.25, 0.3) is 0 Å². The van der Waals surface area contributed by atoms with E-state index in [-0.39, 0.29) is 18.0 Å². The highest BCUT2D eigenvalue weighted by Gasteiger charge is 2.18. The van der Waals surface area contributed by atoms with Crippen LogP contribution in [0.2, 0.25) is 0 Å². The molecule has 0 atom stereocenters. The fourth-order valence-electron chi connectivity index (χ4n) is 3.06. The summed E-state index contributed by atoms with van der Waals surface area (Å²) in [6.07, 6.45) is 12.0. The molecule has 20 heavy (non-hydrogen) atoms. The first-order valence-electron chi connectivity index (χ1n) is 7.96. The zero-order valence-electron chi connectivity index (χ0n) is 12.2. The van der Waals surface area contributed by atoms with Crippen LogP contribution >= 0.6 is 11.8 Å². The Morgan fingerprint density at radius 1 is 0.900 bits per heavy atom. The first kappa shape index (κ1) is 15.7. The van der Waals surface area contributed by atoms with Crippen LogP contribution in [0.3, 0.4) is 0 Å². The van der Waals surface area contributed by atoms with E-state index < -0.39 is 0 Å². The number of urea groups is 1. The molecule has 0 aromatic rings. The maximum Gasteiger partial charge on any atom is 0.321 e. The summed E-state index contributed by atoms with van der Waals surface area (Å²) >= 11 is 1.70. The van der Waals surface area contributed by atoms with Gasteiger partial charge in [0.1, 0.15) is 0 Å². The lowest BCUT2D eigenvalue weighted by Gasteiger charge is -2.23. The third-order valence-electron chi connectivity index (χ3n) is 4.20. The monoisotopic (exact) mass is 298 g/mol. The number of hydrogen-bond donors (Lipinski definition) is 2. The van der Waals surface area contributed by atoms with Gasteiger partial charge in [0.15, 0.2) is 0 Å². The van der Waals surface area contributed by atoms with Gasteiger partial charge in [0, 0.05) is 11.3 Å². The summed E-state index contributed by atoms with van der Waals surface area (Å²) in [5, 5.41) is 5.97. The highest BCUT2D eigenvalue weighted by atomic mass is 32.2. The van der Waals surface area contributed by atoms with Gasteiger partial charge in [-0.25, -0.2) is 4.79 Å². The molecule has 2 aliphatic rings. The van der Waals surface area contributed by atoms with Crippen molar-refractivity contribution in [1.82, 2.24) is 10.6 Å². The molecule has 4 nitrogen and oxygen atoms in total. The first-order valence-corrected chi connectivity index (χ1v) is 9.01. The van der Waals surface area contributed by atoms with Crippen molar-refractivity contribution < 1.29 is 9.59 Å². The maximum atomic E-state index is 11.7. The fourth-order valence-corrected chi connectivity index (χ4v) is 4.18. The van der Waals surface area contributed by atoms with Gasteiger partial charge in [0.2, 0.25) is 5.91 Å². The molecule has 114 valence electrons. The molecule has 3 amide bonds. The van der Waals surface area contributed by atoms with Crippen LogP contribution in [0, 0.1) is 0 Å². The third-order valence-corrected chi connectivity index (χ3v) is 5.57. The average Bonchev–Trinajstić information content (AvgIpc) is 2.47. The summed E-state index contributed by atoms with van der Waals surface area (Å²) in [5.74, 6) is 0.247. The molecule has 2 aliphatic carbocycles. The lowest BCUT2D eigenvalue weighted by atomic mass is 9.96. The van der Waals surface area contributed by atoms with Crippen molar-refractivity contribution in [2.75, 3.05) is 5.75 Å². The number of rotatable bonds is 4. The topological polar surface area (TPSA) is 58.2 Å². The van der Waals surface area contributed by atoms with Gasteiger partial charge in [-0.15, -0.1) is 11.8 Å². The van der Waals surface area contributed by atoms with Gasteiger partial charge in [0.05, 0.1) is 5.75 Å². The Bertz CT molecular complexity index is 324. The summed E-state index contributed by atoms with van der Waals surface area (Å²) in [4.78, 5) is 23.5. The van der Waals surface area contributed by atoms with Crippen LogP contribution in [0.5, 0.6) is 0 Å². The van der Waals surface area contributed by atoms with Gasteiger partial charge in [-0.3, -0.25) is 10.1 Å². The summed E-state index contributed by atoms with van der Waals surface area (Å²) in [6, 6.07) is -0.0614. The summed E-state index contributed by atoms with van der Waals surface area (Å²) in [6.45, 7) is 0. The Morgan fingerprint density at radius 2 is 1.50 bits per heavy atom. The number of carbonyl (C=O) groups is 2. The van der Waals surface area contributed by atoms with Crippen molar-refractivity contribution in [3.63, 3.8) is 0 Å². The molecule has 2 fully saturated rings. The van der Waals surface area contributed by atoms with E-state index in [2.05, 4.69) is 10.6 Å². The number of nitrogens with one attached hydrogen (secondary N) is 2. The van der Waals surface area contributed by atoms with Gasteiger partial charge in [-0.05, 0) is 25.7 Å². The number of imide groups is 1. The van der Waals surface area contributed by atoms with E-state index in [1.807, 2.05) is 0 Å². The van der Waals surface area contributed by atoms with Crippen LogP contribution in [0.1, 0.15) is 64.2 Å². The fraction of sp³-hybridized carbons (Fsp3) is 0.867. The van der Waals surface area contributed by atoms with Gasteiger partial charge < -0.3 is 5.32 Å². The van der Waals surface area contributed by atoms with Crippen LogP contribution in [0.15, 0.2) is 0 Å². The highest BCUT2D eigenvalue weighted by Crippen LogP contribution is 2.27. The molecule has 0 radical (unpaired) electrons. The predicted molar refractivity (Wildman–Crippen MR) is 82.9 cm³/mol. The number of thioether (sulfide) groups is 1. The van der Waals surface area contributed by atoms with Crippen molar-refractivity contribution in [1.29, 1.82) is 0 Å².